The van der Waals surface area contributed by atoms with Crippen LogP contribution < -0.4 is 10.1 Å². The standard InChI is InChI=1S/C23H27N3O3S/c1-5-28-19-12-7-6-10-18(19)23-25-21(29-26-23)14-30-13-20(27)24-22-16(4)9-8-11-17(22)15(2)3/h6-12,15H,5,13-14H2,1-4H3,(H,24,27). The number of thioether (sulfide) groups is 1. The topological polar surface area (TPSA) is 77.2 Å². The van der Waals surface area contributed by atoms with Gasteiger partial charge in [-0.15, -0.1) is 11.8 Å². The number of carbonyl (C=O) groups excluding carboxylic acids is 1. The summed E-state index contributed by atoms with van der Waals surface area (Å²) in [4.78, 5) is 16.9. The van der Waals surface area contributed by atoms with Gasteiger partial charge in [-0.3, -0.25) is 4.79 Å². The highest BCUT2D eigenvalue weighted by Crippen LogP contribution is 2.29. The van der Waals surface area contributed by atoms with E-state index in [1.54, 1.807) is 0 Å². The molecular weight excluding hydrogens is 398 g/mol. The van der Waals surface area contributed by atoms with Crippen LogP contribution in [-0.4, -0.2) is 28.4 Å². The fourth-order valence-electron chi connectivity index (χ4n) is 3.10. The van der Waals surface area contributed by atoms with Gasteiger partial charge >= 0.3 is 0 Å². The third-order valence-electron chi connectivity index (χ3n) is 4.55. The quantitative estimate of drug-likeness (QED) is 0.492. The third-order valence-corrected chi connectivity index (χ3v) is 5.46. The second-order valence-electron chi connectivity index (χ2n) is 7.18. The summed E-state index contributed by atoms with van der Waals surface area (Å²) in [6.45, 7) is 8.74. The van der Waals surface area contributed by atoms with Crippen molar-refractivity contribution >= 4 is 23.4 Å². The van der Waals surface area contributed by atoms with Crippen molar-refractivity contribution in [1.82, 2.24) is 10.1 Å². The molecule has 0 bridgehead atoms. The van der Waals surface area contributed by atoms with Gasteiger partial charge in [0.15, 0.2) is 0 Å². The van der Waals surface area contributed by atoms with Crippen LogP contribution in [0, 0.1) is 6.92 Å². The van der Waals surface area contributed by atoms with Crippen molar-refractivity contribution < 1.29 is 14.1 Å². The van der Waals surface area contributed by atoms with Gasteiger partial charge in [-0.25, -0.2) is 0 Å². The average Bonchev–Trinajstić information content (AvgIpc) is 3.18. The van der Waals surface area contributed by atoms with Crippen molar-refractivity contribution in [1.29, 1.82) is 0 Å². The summed E-state index contributed by atoms with van der Waals surface area (Å²) in [5.41, 5.74) is 3.90. The molecule has 2 aromatic carbocycles. The zero-order chi connectivity index (χ0) is 21.5. The van der Waals surface area contributed by atoms with E-state index >= 15 is 0 Å². The molecule has 1 aromatic heterocycles. The van der Waals surface area contributed by atoms with Gasteiger partial charge in [-0.2, -0.15) is 4.98 Å². The van der Waals surface area contributed by atoms with Crippen LogP contribution in [0.1, 0.15) is 43.7 Å². The number of amides is 1. The summed E-state index contributed by atoms with van der Waals surface area (Å²) in [6.07, 6.45) is 0. The van der Waals surface area contributed by atoms with Crippen LogP contribution in [0.15, 0.2) is 47.0 Å². The fraction of sp³-hybridized carbons (Fsp3) is 0.348. The largest absolute Gasteiger partial charge is 0.493 e. The molecule has 1 heterocycles. The monoisotopic (exact) mass is 425 g/mol. The van der Waals surface area contributed by atoms with Crippen LogP contribution in [0.5, 0.6) is 5.75 Å². The van der Waals surface area contributed by atoms with Crippen molar-refractivity contribution in [2.45, 2.75) is 39.4 Å². The lowest BCUT2D eigenvalue weighted by molar-refractivity contribution is -0.113. The average molecular weight is 426 g/mol. The van der Waals surface area contributed by atoms with E-state index in [1.165, 1.54) is 11.8 Å². The minimum atomic E-state index is -0.0439. The summed E-state index contributed by atoms with van der Waals surface area (Å²) in [6, 6.07) is 13.7. The highest BCUT2D eigenvalue weighted by atomic mass is 32.2. The van der Waals surface area contributed by atoms with E-state index in [2.05, 4.69) is 35.4 Å². The Labute approximate surface area is 181 Å². The summed E-state index contributed by atoms with van der Waals surface area (Å²) < 4.78 is 11.0. The summed E-state index contributed by atoms with van der Waals surface area (Å²) in [5, 5.41) is 7.11. The number of ether oxygens (including phenoxy) is 1. The maximum absolute atomic E-state index is 12.5. The van der Waals surface area contributed by atoms with Crippen molar-refractivity contribution in [3.63, 3.8) is 0 Å². The molecule has 0 aliphatic rings. The molecule has 0 spiro atoms. The van der Waals surface area contributed by atoms with E-state index in [-0.39, 0.29) is 5.91 Å². The summed E-state index contributed by atoms with van der Waals surface area (Å²) in [5.74, 6) is 2.75. The first-order valence-corrected chi connectivity index (χ1v) is 11.2. The van der Waals surface area contributed by atoms with Crippen LogP contribution >= 0.6 is 11.8 Å². The number of hydrogen-bond donors (Lipinski definition) is 1. The van der Waals surface area contributed by atoms with Gasteiger partial charge in [-0.05, 0) is 43.0 Å². The minimum absolute atomic E-state index is 0.0439. The molecule has 7 heteroatoms. The number of nitrogens with one attached hydrogen (secondary N) is 1. The molecule has 1 N–H and O–H groups in total. The van der Waals surface area contributed by atoms with Crippen molar-refractivity contribution in [2.75, 3.05) is 17.7 Å². The number of nitrogens with zero attached hydrogens (tertiary/aromatic N) is 2. The van der Waals surface area contributed by atoms with Gasteiger partial charge in [0.1, 0.15) is 5.75 Å². The number of carbonyl (C=O) groups is 1. The van der Waals surface area contributed by atoms with Crippen LogP contribution in [0.25, 0.3) is 11.4 Å². The Bertz CT molecular complexity index is 1000. The molecule has 0 radical (unpaired) electrons. The molecular formula is C23H27N3O3S. The second kappa shape index (κ2) is 10.3. The maximum atomic E-state index is 12.5. The zero-order valence-corrected chi connectivity index (χ0v) is 18.6. The molecule has 0 unspecified atom stereocenters. The SMILES string of the molecule is CCOc1ccccc1-c1noc(CSCC(=O)Nc2c(C)cccc2C(C)C)n1. The van der Waals surface area contributed by atoms with Crippen LogP contribution in [0.3, 0.4) is 0 Å². The minimum Gasteiger partial charge on any atom is -0.493 e. The number of para-hydroxylation sites is 2. The van der Waals surface area contributed by atoms with Gasteiger partial charge in [0.25, 0.3) is 0 Å². The Morgan fingerprint density at radius 2 is 2.00 bits per heavy atom. The summed E-state index contributed by atoms with van der Waals surface area (Å²) in [7, 11) is 0. The molecule has 0 saturated carbocycles. The molecule has 0 aliphatic carbocycles. The molecule has 6 nitrogen and oxygen atoms in total. The predicted molar refractivity (Wildman–Crippen MR) is 121 cm³/mol. The van der Waals surface area contributed by atoms with Crippen molar-refractivity contribution in [3.05, 3.63) is 59.5 Å². The van der Waals surface area contributed by atoms with Gasteiger partial charge in [-0.1, -0.05) is 49.3 Å². The Hall–Kier alpha value is -2.80. The van der Waals surface area contributed by atoms with Crippen LogP contribution in [-0.2, 0) is 10.5 Å². The number of rotatable bonds is 9. The molecule has 30 heavy (non-hydrogen) atoms. The van der Waals surface area contributed by atoms with Crippen molar-refractivity contribution in [2.24, 2.45) is 0 Å². The Morgan fingerprint density at radius 1 is 1.20 bits per heavy atom. The Kier molecular flexibility index (Phi) is 7.52. The molecule has 3 rings (SSSR count). The Balaban J connectivity index is 1.58. The van der Waals surface area contributed by atoms with E-state index in [0.29, 0.717) is 35.7 Å². The lowest BCUT2D eigenvalue weighted by atomic mass is 9.98. The molecule has 1 amide bonds. The Morgan fingerprint density at radius 3 is 2.77 bits per heavy atom. The highest BCUT2D eigenvalue weighted by molar-refractivity contribution is 7.99. The maximum Gasteiger partial charge on any atom is 0.236 e. The normalized spacial score (nSPS) is 11.0. The van der Waals surface area contributed by atoms with E-state index in [1.807, 2.05) is 50.2 Å². The van der Waals surface area contributed by atoms with Crippen LogP contribution in [0.2, 0.25) is 0 Å². The highest BCUT2D eigenvalue weighted by Gasteiger charge is 2.15. The molecule has 0 fully saturated rings. The molecule has 3 aromatic rings. The number of anilines is 1. The smallest absolute Gasteiger partial charge is 0.236 e. The number of benzene rings is 2. The van der Waals surface area contributed by atoms with Gasteiger partial charge in [0.2, 0.25) is 17.6 Å². The third kappa shape index (κ3) is 5.42. The lowest BCUT2D eigenvalue weighted by Gasteiger charge is -2.16. The molecule has 158 valence electrons. The zero-order valence-electron chi connectivity index (χ0n) is 17.8. The lowest BCUT2D eigenvalue weighted by Crippen LogP contribution is -2.16. The van der Waals surface area contributed by atoms with E-state index in [4.69, 9.17) is 9.26 Å². The molecule has 0 saturated heterocycles. The van der Waals surface area contributed by atoms with Crippen LogP contribution in [0.4, 0.5) is 5.69 Å². The second-order valence-corrected chi connectivity index (χ2v) is 8.16. The number of aryl methyl sites for hydroxylation is 1. The number of hydrogen-bond acceptors (Lipinski definition) is 6. The fourth-order valence-corrected chi connectivity index (χ4v) is 3.76. The predicted octanol–water partition coefficient (Wildman–Crippen LogP) is 5.44. The first-order chi connectivity index (χ1) is 14.5. The first-order valence-electron chi connectivity index (χ1n) is 10.0. The van der Waals surface area contributed by atoms with E-state index < -0.39 is 0 Å². The van der Waals surface area contributed by atoms with Gasteiger partial charge in [0.05, 0.1) is 23.7 Å². The van der Waals surface area contributed by atoms with Crippen molar-refractivity contribution in [3.8, 4) is 17.1 Å². The van der Waals surface area contributed by atoms with E-state index in [9.17, 15) is 4.79 Å². The molecule has 0 aliphatic heterocycles. The first kappa shape index (κ1) is 21.9. The summed E-state index contributed by atoms with van der Waals surface area (Å²) >= 11 is 1.44. The van der Waals surface area contributed by atoms with Gasteiger partial charge in [0, 0.05) is 5.69 Å². The van der Waals surface area contributed by atoms with E-state index in [0.717, 1.165) is 28.1 Å². The number of aromatic nitrogens is 2. The molecule has 0 atom stereocenters. The van der Waals surface area contributed by atoms with Gasteiger partial charge < -0.3 is 14.6 Å².